The Morgan fingerprint density at radius 1 is 1.21 bits per heavy atom. The minimum absolute atomic E-state index is 0.159. The van der Waals surface area contributed by atoms with Gasteiger partial charge in [-0.15, -0.1) is 0 Å². The lowest BCUT2D eigenvalue weighted by atomic mass is 9.78. The molecule has 19 heavy (non-hydrogen) atoms. The number of hydrogen-bond acceptors (Lipinski definition) is 3. The first-order valence-corrected chi connectivity index (χ1v) is 6.34. The van der Waals surface area contributed by atoms with Crippen molar-refractivity contribution in [1.29, 1.82) is 0 Å². The Bertz CT molecular complexity index is 490. The molecule has 0 aliphatic carbocycles. The number of benzene rings is 1. The zero-order valence-electron chi connectivity index (χ0n) is 11.7. The Labute approximate surface area is 113 Å². The maximum absolute atomic E-state index is 12.2. The van der Waals surface area contributed by atoms with Gasteiger partial charge in [0.25, 0.3) is 0 Å². The number of ether oxygens (including phenoxy) is 1. The molecule has 0 saturated carbocycles. The van der Waals surface area contributed by atoms with Gasteiger partial charge in [-0.05, 0) is 26.3 Å². The summed E-state index contributed by atoms with van der Waals surface area (Å²) in [4.78, 5) is 25.8. The lowest BCUT2D eigenvalue weighted by molar-refractivity contribution is -0.179. The quantitative estimate of drug-likeness (QED) is 0.465. The SMILES string of the molecule is COC(=O)[C@H]1C(=O)N(C(C)(C)C)[C@H]1c1ccccc1. The Balaban J connectivity index is 2.38. The van der Waals surface area contributed by atoms with E-state index in [-0.39, 0.29) is 17.5 Å². The lowest BCUT2D eigenvalue weighted by Crippen LogP contribution is -2.64. The predicted molar refractivity (Wildman–Crippen MR) is 71.3 cm³/mol. The number of β-lactam (4-membered cyclic amide) rings is 1. The van der Waals surface area contributed by atoms with Crippen LogP contribution >= 0.6 is 0 Å². The molecule has 1 fully saturated rings. The molecule has 1 aromatic carbocycles. The fourth-order valence-electron chi connectivity index (χ4n) is 2.59. The van der Waals surface area contributed by atoms with Crippen molar-refractivity contribution >= 4 is 11.9 Å². The minimum atomic E-state index is -0.716. The lowest BCUT2D eigenvalue weighted by Gasteiger charge is -2.52. The highest BCUT2D eigenvalue weighted by molar-refractivity contribution is 6.04. The van der Waals surface area contributed by atoms with Crippen LogP contribution in [-0.4, -0.2) is 29.4 Å². The van der Waals surface area contributed by atoms with Crippen molar-refractivity contribution in [2.75, 3.05) is 7.11 Å². The summed E-state index contributed by atoms with van der Waals surface area (Å²) in [5.74, 6) is -1.33. The van der Waals surface area contributed by atoms with Gasteiger partial charge < -0.3 is 9.64 Å². The zero-order valence-corrected chi connectivity index (χ0v) is 11.7. The van der Waals surface area contributed by atoms with Gasteiger partial charge in [0.15, 0.2) is 5.92 Å². The Morgan fingerprint density at radius 3 is 2.26 bits per heavy atom. The first kappa shape index (κ1) is 13.6. The Kier molecular flexibility index (Phi) is 3.35. The van der Waals surface area contributed by atoms with Crippen molar-refractivity contribution in [3.63, 3.8) is 0 Å². The van der Waals surface area contributed by atoms with Crippen molar-refractivity contribution in [2.45, 2.75) is 32.4 Å². The molecule has 1 amide bonds. The van der Waals surface area contributed by atoms with Crippen LogP contribution < -0.4 is 0 Å². The fourth-order valence-corrected chi connectivity index (χ4v) is 2.59. The molecular weight excluding hydrogens is 242 g/mol. The summed E-state index contributed by atoms with van der Waals surface area (Å²) in [6, 6.07) is 9.37. The van der Waals surface area contributed by atoms with E-state index in [4.69, 9.17) is 4.74 Å². The first-order valence-electron chi connectivity index (χ1n) is 6.34. The van der Waals surface area contributed by atoms with E-state index in [9.17, 15) is 9.59 Å². The van der Waals surface area contributed by atoms with E-state index in [1.807, 2.05) is 51.1 Å². The van der Waals surface area contributed by atoms with E-state index in [0.717, 1.165) is 5.56 Å². The Hall–Kier alpha value is -1.84. The molecule has 2 rings (SSSR count). The van der Waals surface area contributed by atoms with E-state index in [1.165, 1.54) is 7.11 Å². The average Bonchev–Trinajstić information content (AvgIpc) is 2.34. The van der Waals surface area contributed by atoms with Crippen LogP contribution in [0.25, 0.3) is 0 Å². The largest absolute Gasteiger partial charge is 0.468 e. The van der Waals surface area contributed by atoms with Crippen LogP contribution in [0.3, 0.4) is 0 Å². The van der Waals surface area contributed by atoms with Crippen molar-refractivity contribution in [1.82, 2.24) is 4.90 Å². The highest BCUT2D eigenvalue weighted by Crippen LogP contribution is 2.45. The third kappa shape index (κ3) is 2.23. The zero-order chi connectivity index (χ0) is 14.2. The van der Waals surface area contributed by atoms with Crippen LogP contribution in [-0.2, 0) is 14.3 Å². The van der Waals surface area contributed by atoms with Crippen molar-refractivity contribution < 1.29 is 14.3 Å². The smallest absolute Gasteiger partial charge is 0.320 e. The van der Waals surface area contributed by atoms with E-state index in [2.05, 4.69) is 0 Å². The standard InChI is InChI=1S/C15H19NO3/c1-15(2,3)16-12(10-8-6-5-7-9-10)11(13(16)17)14(18)19-4/h5-9,11-12H,1-4H3/t11-,12+/m1/s1. The third-order valence-electron chi connectivity index (χ3n) is 3.42. The van der Waals surface area contributed by atoms with Gasteiger partial charge >= 0.3 is 5.97 Å². The summed E-state index contributed by atoms with van der Waals surface area (Å²) >= 11 is 0. The molecule has 102 valence electrons. The second-order valence-electron chi connectivity index (χ2n) is 5.74. The van der Waals surface area contributed by atoms with Crippen LogP contribution in [0.15, 0.2) is 30.3 Å². The summed E-state index contributed by atoms with van der Waals surface area (Å²) in [6.45, 7) is 5.90. The molecule has 4 heteroatoms. The first-order chi connectivity index (χ1) is 8.88. The highest BCUT2D eigenvalue weighted by atomic mass is 16.5. The maximum Gasteiger partial charge on any atom is 0.320 e. The monoisotopic (exact) mass is 261 g/mol. The van der Waals surface area contributed by atoms with Crippen LogP contribution in [0.5, 0.6) is 0 Å². The average molecular weight is 261 g/mol. The van der Waals surface area contributed by atoms with Crippen molar-refractivity contribution in [3.8, 4) is 0 Å². The number of likely N-dealkylation sites (tertiary alicyclic amines) is 1. The number of amides is 1. The molecule has 4 nitrogen and oxygen atoms in total. The van der Waals surface area contributed by atoms with Crippen molar-refractivity contribution in [2.24, 2.45) is 5.92 Å². The molecule has 1 aromatic rings. The molecule has 1 heterocycles. The molecule has 0 aromatic heterocycles. The molecule has 1 saturated heterocycles. The third-order valence-corrected chi connectivity index (χ3v) is 3.42. The van der Waals surface area contributed by atoms with Gasteiger partial charge in [0.05, 0.1) is 13.2 Å². The number of hydrogen-bond donors (Lipinski definition) is 0. The van der Waals surface area contributed by atoms with Gasteiger partial charge in [-0.1, -0.05) is 30.3 Å². The number of nitrogens with zero attached hydrogens (tertiary/aromatic N) is 1. The molecular formula is C15H19NO3. The van der Waals surface area contributed by atoms with Gasteiger partial charge in [-0.25, -0.2) is 0 Å². The van der Waals surface area contributed by atoms with Crippen LogP contribution in [0.4, 0.5) is 0 Å². The topological polar surface area (TPSA) is 46.6 Å². The normalized spacial score (nSPS) is 22.9. The summed E-state index contributed by atoms with van der Waals surface area (Å²) in [7, 11) is 1.32. The number of esters is 1. The van der Waals surface area contributed by atoms with Crippen LogP contribution in [0.1, 0.15) is 32.4 Å². The molecule has 0 N–H and O–H groups in total. The second-order valence-corrected chi connectivity index (χ2v) is 5.74. The number of methoxy groups -OCH3 is 1. The molecule has 0 bridgehead atoms. The molecule has 1 aliphatic rings. The predicted octanol–water partition coefficient (Wildman–Crippen LogP) is 2.16. The van der Waals surface area contributed by atoms with E-state index < -0.39 is 11.9 Å². The summed E-state index contributed by atoms with van der Waals surface area (Å²) in [5.41, 5.74) is 0.648. The van der Waals surface area contributed by atoms with E-state index >= 15 is 0 Å². The molecule has 1 aliphatic heterocycles. The Morgan fingerprint density at radius 2 is 1.79 bits per heavy atom. The molecule has 0 unspecified atom stereocenters. The number of carbonyl (C=O) groups excluding carboxylic acids is 2. The summed E-state index contributed by atoms with van der Waals surface area (Å²) in [5, 5.41) is 0. The van der Waals surface area contributed by atoms with Gasteiger partial charge in [-0.2, -0.15) is 0 Å². The van der Waals surface area contributed by atoms with Gasteiger partial charge in [0.1, 0.15) is 0 Å². The minimum Gasteiger partial charge on any atom is -0.468 e. The van der Waals surface area contributed by atoms with Crippen LogP contribution in [0.2, 0.25) is 0 Å². The summed E-state index contributed by atoms with van der Waals surface area (Å²) in [6.07, 6.45) is 0. The molecule has 0 radical (unpaired) electrons. The molecule has 0 spiro atoms. The van der Waals surface area contributed by atoms with Crippen molar-refractivity contribution in [3.05, 3.63) is 35.9 Å². The van der Waals surface area contributed by atoms with Gasteiger partial charge in [-0.3, -0.25) is 9.59 Å². The molecule has 2 atom stereocenters. The highest BCUT2D eigenvalue weighted by Gasteiger charge is 2.56. The maximum atomic E-state index is 12.2. The van der Waals surface area contributed by atoms with Crippen LogP contribution in [0, 0.1) is 5.92 Å². The second kappa shape index (κ2) is 4.68. The van der Waals surface area contributed by atoms with Gasteiger partial charge in [0.2, 0.25) is 5.91 Å². The number of rotatable bonds is 2. The fraction of sp³-hybridized carbons (Fsp3) is 0.467. The summed E-state index contributed by atoms with van der Waals surface area (Å²) < 4.78 is 4.75. The van der Waals surface area contributed by atoms with E-state index in [0.29, 0.717) is 0 Å². The number of carbonyl (C=O) groups is 2. The van der Waals surface area contributed by atoms with E-state index in [1.54, 1.807) is 4.90 Å². The van der Waals surface area contributed by atoms with Gasteiger partial charge in [0, 0.05) is 5.54 Å².